The van der Waals surface area contributed by atoms with Crippen LogP contribution in [0.1, 0.15) is 19.3 Å². The number of aliphatic carboxylic acids is 1. The summed E-state index contributed by atoms with van der Waals surface area (Å²) in [6.45, 7) is -1.01. The molecule has 0 aliphatic heterocycles. The van der Waals surface area contributed by atoms with Gasteiger partial charge in [0.25, 0.3) is 0 Å². The van der Waals surface area contributed by atoms with E-state index in [2.05, 4.69) is 10.6 Å². The fraction of sp³-hybridized carbons (Fsp3) is 0.500. The quantitative estimate of drug-likeness (QED) is 0.108. The van der Waals surface area contributed by atoms with Crippen molar-refractivity contribution in [3.05, 3.63) is 0 Å². The molecule has 0 spiro atoms. The number of carboxylic acid groups (broad SMARTS) is 1. The molecule has 17 nitrogen and oxygen atoms in total. The molecule has 0 unspecified atom stereocenters. The predicted molar refractivity (Wildman–Crippen MR) is 107 cm³/mol. The standard InChI is InChI=1S/C16H26N8O9/c17-4-12(28)21-5-13(29)22-6(1-9(18)25)14(30)23-7(2-10(19)26)15(31)24-8(16(32)33)3-11(20)27/h6-8H,1-5,17H2,(H2,18,25)(H2,19,26)(H2,20,27)(H,21,28)(H,22,29)(H,23,30)(H,24,31)(H,32,33)/t6-,7-,8-/m0/s1. The van der Waals surface area contributed by atoms with E-state index in [1.54, 1.807) is 0 Å². The Bertz CT molecular complexity index is 816. The third-order valence-corrected chi connectivity index (χ3v) is 3.75. The van der Waals surface area contributed by atoms with Crippen molar-refractivity contribution < 1.29 is 43.5 Å². The number of carboxylic acids is 1. The predicted octanol–water partition coefficient (Wildman–Crippen LogP) is -6.77. The SMILES string of the molecule is NCC(=O)NCC(=O)N[C@@H](CC(N)=O)C(=O)N[C@@H](CC(N)=O)C(=O)N[C@@H](CC(N)=O)C(=O)O. The summed E-state index contributed by atoms with van der Waals surface area (Å²) in [5.74, 6) is -8.73. The first kappa shape index (κ1) is 28.7. The van der Waals surface area contributed by atoms with Gasteiger partial charge in [0.1, 0.15) is 18.1 Å². The first-order valence-corrected chi connectivity index (χ1v) is 9.21. The van der Waals surface area contributed by atoms with Crippen LogP contribution in [0.15, 0.2) is 0 Å². The van der Waals surface area contributed by atoms with E-state index < -0.39 is 97.8 Å². The molecule has 0 aromatic carbocycles. The van der Waals surface area contributed by atoms with Gasteiger partial charge < -0.3 is 49.3 Å². The van der Waals surface area contributed by atoms with E-state index in [1.807, 2.05) is 10.6 Å². The monoisotopic (exact) mass is 474 g/mol. The number of carbonyl (C=O) groups is 8. The van der Waals surface area contributed by atoms with Crippen LogP contribution in [0.25, 0.3) is 0 Å². The fourth-order valence-corrected chi connectivity index (χ4v) is 2.26. The lowest BCUT2D eigenvalue weighted by atomic mass is 10.1. The summed E-state index contributed by atoms with van der Waals surface area (Å²) in [5, 5.41) is 17.3. The fourth-order valence-electron chi connectivity index (χ4n) is 2.26. The third-order valence-electron chi connectivity index (χ3n) is 3.75. The maximum absolute atomic E-state index is 12.5. The van der Waals surface area contributed by atoms with E-state index >= 15 is 0 Å². The Labute approximate surface area is 186 Å². The van der Waals surface area contributed by atoms with Gasteiger partial charge in [-0.1, -0.05) is 0 Å². The first-order chi connectivity index (χ1) is 15.3. The number of amides is 7. The summed E-state index contributed by atoms with van der Waals surface area (Å²) in [6.07, 6.45) is -2.32. The molecular weight excluding hydrogens is 448 g/mol. The second kappa shape index (κ2) is 13.9. The average molecular weight is 474 g/mol. The molecule has 184 valence electrons. The Morgan fingerprint density at radius 2 is 1.03 bits per heavy atom. The molecule has 0 aromatic rings. The van der Waals surface area contributed by atoms with E-state index in [0.29, 0.717) is 0 Å². The lowest BCUT2D eigenvalue weighted by Gasteiger charge is -2.23. The summed E-state index contributed by atoms with van der Waals surface area (Å²) in [6, 6.07) is -5.14. The number of rotatable bonds is 15. The highest BCUT2D eigenvalue weighted by atomic mass is 16.4. The molecule has 0 aliphatic rings. The third kappa shape index (κ3) is 12.2. The molecule has 0 radical (unpaired) electrons. The van der Waals surface area contributed by atoms with Crippen LogP contribution in [0, 0.1) is 0 Å². The second-order valence-corrected chi connectivity index (χ2v) is 6.57. The van der Waals surface area contributed by atoms with Gasteiger partial charge in [-0.3, -0.25) is 33.6 Å². The highest BCUT2D eigenvalue weighted by Crippen LogP contribution is 2.00. The molecule has 0 heterocycles. The van der Waals surface area contributed by atoms with E-state index in [1.165, 1.54) is 0 Å². The zero-order valence-corrected chi connectivity index (χ0v) is 17.3. The maximum Gasteiger partial charge on any atom is 0.326 e. The van der Waals surface area contributed by atoms with Crippen LogP contribution in [0.3, 0.4) is 0 Å². The van der Waals surface area contributed by atoms with Gasteiger partial charge >= 0.3 is 5.97 Å². The molecule has 0 fully saturated rings. The van der Waals surface area contributed by atoms with Gasteiger partial charge in [0.05, 0.1) is 32.4 Å². The number of hydrogen-bond acceptors (Lipinski definition) is 9. The molecule has 0 aromatic heterocycles. The topological polar surface area (TPSA) is 309 Å². The van der Waals surface area contributed by atoms with E-state index in [0.717, 1.165) is 0 Å². The molecule has 17 heteroatoms. The molecule has 7 amide bonds. The molecule has 0 bridgehead atoms. The summed E-state index contributed by atoms with van der Waals surface area (Å²) < 4.78 is 0. The van der Waals surface area contributed by atoms with Crippen molar-refractivity contribution in [3.8, 4) is 0 Å². The smallest absolute Gasteiger partial charge is 0.326 e. The van der Waals surface area contributed by atoms with Crippen LogP contribution in [-0.4, -0.2) is 83.6 Å². The Morgan fingerprint density at radius 3 is 1.42 bits per heavy atom. The zero-order chi connectivity index (χ0) is 25.7. The number of hydrogen-bond donors (Lipinski definition) is 9. The van der Waals surface area contributed by atoms with Crippen molar-refractivity contribution in [2.75, 3.05) is 13.1 Å². The lowest BCUT2D eigenvalue weighted by Crippen LogP contribution is -2.58. The maximum atomic E-state index is 12.5. The Morgan fingerprint density at radius 1 is 0.636 bits per heavy atom. The van der Waals surface area contributed by atoms with Crippen LogP contribution >= 0.6 is 0 Å². The van der Waals surface area contributed by atoms with Crippen LogP contribution in [0.5, 0.6) is 0 Å². The van der Waals surface area contributed by atoms with E-state index in [-0.39, 0.29) is 0 Å². The normalized spacial score (nSPS) is 12.9. The minimum Gasteiger partial charge on any atom is -0.480 e. The molecular formula is C16H26N8O9. The molecule has 0 aliphatic carbocycles. The van der Waals surface area contributed by atoms with Gasteiger partial charge in [-0.2, -0.15) is 0 Å². The summed E-state index contributed by atoms with van der Waals surface area (Å²) in [7, 11) is 0. The zero-order valence-electron chi connectivity index (χ0n) is 17.3. The average Bonchev–Trinajstić information content (AvgIpc) is 2.69. The van der Waals surface area contributed by atoms with Gasteiger partial charge in [0.2, 0.25) is 41.4 Å². The van der Waals surface area contributed by atoms with Gasteiger partial charge in [-0.05, 0) is 0 Å². The van der Waals surface area contributed by atoms with Crippen LogP contribution in [-0.2, 0) is 38.4 Å². The molecule has 33 heavy (non-hydrogen) atoms. The van der Waals surface area contributed by atoms with Gasteiger partial charge in [0.15, 0.2) is 0 Å². The van der Waals surface area contributed by atoms with E-state index in [4.69, 9.17) is 28.0 Å². The molecule has 13 N–H and O–H groups in total. The second-order valence-electron chi connectivity index (χ2n) is 6.57. The van der Waals surface area contributed by atoms with Crippen molar-refractivity contribution in [1.29, 1.82) is 0 Å². The van der Waals surface area contributed by atoms with Gasteiger partial charge in [-0.15, -0.1) is 0 Å². The Kier molecular flexibility index (Phi) is 12.1. The van der Waals surface area contributed by atoms with Crippen LogP contribution < -0.4 is 44.2 Å². The number of primary amides is 3. The van der Waals surface area contributed by atoms with Crippen molar-refractivity contribution in [2.45, 2.75) is 37.4 Å². The Balaban J connectivity index is 5.45. The van der Waals surface area contributed by atoms with E-state index in [9.17, 15) is 38.4 Å². The van der Waals surface area contributed by atoms with Crippen molar-refractivity contribution in [3.63, 3.8) is 0 Å². The van der Waals surface area contributed by atoms with Gasteiger partial charge in [0, 0.05) is 0 Å². The number of carbonyl (C=O) groups excluding carboxylic acids is 7. The molecule has 0 saturated heterocycles. The van der Waals surface area contributed by atoms with Gasteiger partial charge in [-0.25, -0.2) is 4.79 Å². The largest absolute Gasteiger partial charge is 0.480 e. The Hall–Kier alpha value is -4.28. The highest BCUT2D eigenvalue weighted by Gasteiger charge is 2.31. The lowest BCUT2D eigenvalue weighted by molar-refractivity contribution is -0.144. The van der Waals surface area contributed by atoms with Crippen molar-refractivity contribution >= 4 is 47.3 Å². The minimum absolute atomic E-state index is 0.407. The van der Waals surface area contributed by atoms with Crippen molar-refractivity contribution in [2.24, 2.45) is 22.9 Å². The summed E-state index contributed by atoms with van der Waals surface area (Å²) in [5.41, 5.74) is 20.1. The first-order valence-electron chi connectivity index (χ1n) is 9.21. The molecule has 0 saturated carbocycles. The summed E-state index contributed by atoms with van der Waals surface area (Å²) in [4.78, 5) is 92.7. The minimum atomic E-state index is -1.77. The highest BCUT2D eigenvalue weighted by molar-refractivity contribution is 5.98. The molecule has 0 rings (SSSR count). The van der Waals surface area contributed by atoms with Crippen LogP contribution in [0.4, 0.5) is 0 Å². The van der Waals surface area contributed by atoms with Crippen molar-refractivity contribution in [1.82, 2.24) is 21.3 Å². The number of nitrogens with two attached hydrogens (primary N) is 4. The summed E-state index contributed by atoms with van der Waals surface area (Å²) >= 11 is 0. The van der Waals surface area contributed by atoms with Crippen LogP contribution in [0.2, 0.25) is 0 Å². The molecule has 3 atom stereocenters. The number of nitrogens with one attached hydrogen (secondary N) is 4.